The van der Waals surface area contributed by atoms with Crippen LogP contribution in [0.3, 0.4) is 0 Å². The van der Waals surface area contributed by atoms with Gasteiger partial charge in [-0.2, -0.15) is 0 Å². The molecule has 25 heavy (non-hydrogen) atoms. The van der Waals surface area contributed by atoms with Gasteiger partial charge in [0.15, 0.2) is 0 Å². The first-order valence-corrected chi connectivity index (χ1v) is 9.41. The van der Waals surface area contributed by atoms with E-state index < -0.39 is 0 Å². The molecule has 0 atom stereocenters. The van der Waals surface area contributed by atoms with Crippen LogP contribution in [0.2, 0.25) is 0 Å². The predicted molar refractivity (Wildman–Crippen MR) is 104 cm³/mol. The SMILES string of the molecule is CCCc1nc(NCC)cc(N2CCN(Cc3ccccc3)CC2)n1. The topological polar surface area (TPSA) is 44.3 Å². The van der Waals surface area contributed by atoms with Crippen molar-refractivity contribution in [3.05, 3.63) is 47.8 Å². The molecule has 2 heterocycles. The zero-order valence-electron chi connectivity index (χ0n) is 15.4. The molecule has 1 saturated heterocycles. The molecule has 1 aromatic carbocycles. The van der Waals surface area contributed by atoms with Gasteiger partial charge in [0.1, 0.15) is 17.5 Å². The quantitative estimate of drug-likeness (QED) is 0.839. The highest BCUT2D eigenvalue weighted by Gasteiger charge is 2.19. The number of aromatic nitrogens is 2. The van der Waals surface area contributed by atoms with Crippen LogP contribution in [0.1, 0.15) is 31.7 Å². The summed E-state index contributed by atoms with van der Waals surface area (Å²) in [5.74, 6) is 2.96. The molecule has 1 N–H and O–H groups in total. The third-order valence-electron chi connectivity index (χ3n) is 4.54. The van der Waals surface area contributed by atoms with E-state index in [1.807, 2.05) is 0 Å². The Kier molecular flexibility index (Phi) is 6.23. The van der Waals surface area contributed by atoms with Crippen LogP contribution in [0.15, 0.2) is 36.4 Å². The first-order chi connectivity index (χ1) is 12.3. The van der Waals surface area contributed by atoms with Gasteiger partial charge in [-0.1, -0.05) is 37.3 Å². The van der Waals surface area contributed by atoms with Crippen LogP contribution in [0, 0.1) is 0 Å². The van der Waals surface area contributed by atoms with E-state index in [9.17, 15) is 0 Å². The first-order valence-electron chi connectivity index (χ1n) is 9.41. The Labute approximate surface area is 151 Å². The second-order valence-corrected chi connectivity index (χ2v) is 6.56. The van der Waals surface area contributed by atoms with Crippen molar-refractivity contribution in [2.24, 2.45) is 0 Å². The number of hydrogen-bond donors (Lipinski definition) is 1. The Hall–Kier alpha value is -2.14. The Morgan fingerprint density at radius 2 is 1.76 bits per heavy atom. The molecular formula is C20H29N5. The summed E-state index contributed by atoms with van der Waals surface area (Å²) >= 11 is 0. The van der Waals surface area contributed by atoms with Crippen molar-refractivity contribution in [3.8, 4) is 0 Å². The number of nitrogens with one attached hydrogen (secondary N) is 1. The Bertz CT molecular complexity index is 626. The molecule has 0 saturated carbocycles. The molecular weight excluding hydrogens is 310 g/mol. The summed E-state index contributed by atoms with van der Waals surface area (Å²) in [5.41, 5.74) is 1.39. The molecule has 1 aromatic heterocycles. The van der Waals surface area contributed by atoms with Gasteiger partial charge in [-0.05, 0) is 18.9 Å². The summed E-state index contributed by atoms with van der Waals surface area (Å²) in [6.45, 7) is 10.4. The molecule has 0 radical (unpaired) electrons. The fourth-order valence-electron chi connectivity index (χ4n) is 3.23. The lowest BCUT2D eigenvalue weighted by Gasteiger charge is -2.35. The van der Waals surface area contributed by atoms with Crippen molar-refractivity contribution in [1.82, 2.24) is 14.9 Å². The van der Waals surface area contributed by atoms with Crippen molar-refractivity contribution in [2.45, 2.75) is 33.2 Å². The van der Waals surface area contributed by atoms with Gasteiger partial charge in [-0.15, -0.1) is 0 Å². The monoisotopic (exact) mass is 339 g/mol. The minimum atomic E-state index is 0.882. The summed E-state index contributed by atoms with van der Waals surface area (Å²) in [7, 11) is 0. The van der Waals surface area contributed by atoms with E-state index >= 15 is 0 Å². The number of anilines is 2. The molecule has 0 aliphatic carbocycles. The van der Waals surface area contributed by atoms with Crippen LogP contribution in [0.5, 0.6) is 0 Å². The van der Waals surface area contributed by atoms with Crippen LogP contribution in [0.4, 0.5) is 11.6 Å². The molecule has 134 valence electrons. The summed E-state index contributed by atoms with van der Waals surface area (Å²) in [6, 6.07) is 12.8. The van der Waals surface area contributed by atoms with Crippen LogP contribution in [0.25, 0.3) is 0 Å². The van der Waals surface area contributed by atoms with E-state index in [4.69, 9.17) is 4.98 Å². The second kappa shape index (κ2) is 8.81. The summed E-state index contributed by atoms with van der Waals surface area (Å²) in [5, 5.41) is 3.34. The highest BCUT2D eigenvalue weighted by Crippen LogP contribution is 2.19. The van der Waals surface area contributed by atoms with E-state index in [2.05, 4.69) is 70.3 Å². The van der Waals surface area contributed by atoms with Gasteiger partial charge in [0, 0.05) is 51.8 Å². The Morgan fingerprint density at radius 3 is 2.44 bits per heavy atom. The van der Waals surface area contributed by atoms with Crippen LogP contribution >= 0.6 is 0 Å². The minimum absolute atomic E-state index is 0.882. The average Bonchev–Trinajstić information content (AvgIpc) is 2.64. The van der Waals surface area contributed by atoms with Gasteiger partial charge < -0.3 is 10.2 Å². The molecule has 0 unspecified atom stereocenters. The van der Waals surface area contributed by atoms with Gasteiger partial charge in [0.25, 0.3) is 0 Å². The number of rotatable bonds is 7. The molecule has 0 spiro atoms. The zero-order chi connectivity index (χ0) is 17.5. The summed E-state index contributed by atoms with van der Waals surface area (Å²) < 4.78 is 0. The third-order valence-corrected chi connectivity index (χ3v) is 4.54. The summed E-state index contributed by atoms with van der Waals surface area (Å²) in [6.07, 6.45) is 2.00. The Balaban J connectivity index is 1.63. The number of benzene rings is 1. The molecule has 1 aliphatic heterocycles. The predicted octanol–water partition coefficient (Wildman–Crippen LogP) is 3.18. The molecule has 5 heteroatoms. The van der Waals surface area contributed by atoms with Crippen LogP contribution < -0.4 is 10.2 Å². The second-order valence-electron chi connectivity index (χ2n) is 6.56. The lowest BCUT2D eigenvalue weighted by Crippen LogP contribution is -2.46. The van der Waals surface area contributed by atoms with Crippen molar-refractivity contribution < 1.29 is 0 Å². The van der Waals surface area contributed by atoms with E-state index in [1.54, 1.807) is 0 Å². The third kappa shape index (κ3) is 4.92. The van der Waals surface area contributed by atoms with Crippen molar-refractivity contribution in [1.29, 1.82) is 0 Å². The lowest BCUT2D eigenvalue weighted by molar-refractivity contribution is 0.249. The standard InChI is InChI=1S/C20H29N5/c1-3-8-18-22-19(21-4-2)15-20(23-18)25-13-11-24(12-14-25)16-17-9-6-5-7-10-17/h5-7,9-10,15H,3-4,8,11-14,16H2,1-2H3,(H,21,22,23). The Morgan fingerprint density at radius 1 is 1.00 bits per heavy atom. The number of nitrogens with zero attached hydrogens (tertiary/aromatic N) is 4. The van der Waals surface area contributed by atoms with E-state index in [0.717, 1.165) is 69.6 Å². The van der Waals surface area contributed by atoms with E-state index in [-0.39, 0.29) is 0 Å². The normalized spacial score (nSPS) is 15.4. The van der Waals surface area contributed by atoms with Crippen molar-refractivity contribution in [3.63, 3.8) is 0 Å². The number of hydrogen-bond acceptors (Lipinski definition) is 5. The largest absolute Gasteiger partial charge is 0.370 e. The molecule has 0 amide bonds. The highest BCUT2D eigenvalue weighted by atomic mass is 15.3. The van der Waals surface area contributed by atoms with Crippen LogP contribution in [-0.2, 0) is 13.0 Å². The highest BCUT2D eigenvalue weighted by molar-refractivity contribution is 5.49. The fourth-order valence-corrected chi connectivity index (χ4v) is 3.23. The maximum Gasteiger partial charge on any atom is 0.134 e. The van der Waals surface area contributed by atoms with Gasteiger partial charge in [0.2, 0.25) is 0 Å². The van der Waals surface area contributed by atoms with E-state index in [1.165, 1.54) is 5.56 Å². The van der Waals surface area contributed by atoms with Gasteiger partial charge in [-0.25, -0.2) is 9.97 Å². The van der Waals surface area contributed by atoms with E-state index in [0.29, 0.717) is 0 Å². The van der Waals surface area contributed by atoms with Gasteiger partial charge in [0.05, 0.1) is 0 Å². The van der Waals surface area contributed by atoms with Gasteiger partial charge >= 0.3 is 0 Å². The molecule has 1 fully saturated rings. The molecule has 2 aromatic rings. The van der Waals surface area contributed by atoms with Crippen molar-refractivity contribution in [2.75, 3.05) is 42.9 Å². The molecule has 1 aliphatic rings. The number of aryl methyl sites for hydroxylation is 1. The molecule has 5 nitrogen and oxygen atoms in total. The zero-order valence-corrected chi connectivity index (χ0v) is 15.4. The molecule has 0 bridgehead atoms. The maximum absolute atomic E-state index is 4.79. The average molecular weight is 339 g/mol. The summed E-state index contributed by atoms with van der Waals surface area (Å²) in [4.78, 5) is 14.3. The number of piperazine rings is 1. The van der Waals surface area contributed by atoms with Crippen LogP contribution in [-0.4, -0.2) is 47.6 Å². The maximum atomic E-state index is 4.79. The van der Waals surface area contributed by atoms with Crippen molar-refractivity contribution >= 4 is 11.6 Å². The minimum Gasteiger partial charge on any atom is -0.370 e. The lowest BCUT2D eigenvalue weighted by atomic mass is 10.2. The fraction of sp³-hybridized carbons (Fsp3) is 0.500. The molecule has 3 rings (SSSR count). The van der Waals surface area contributed by atoms with Gasteiger partial charge in [-0.3, -0.25) is 4.90 Å². The first kappa shape index (κ1) is 17.7. The smallest absolute Gasteiger partial charge is 0.134 e.